The first-order chi connectivity index (χ1) is 56.8. The molecular formula is C84H114Cl2N14O18. The van der Waals surface area contributed by atoms with Gasteiger partial charge in [-0.1, -0.05) is 132 Å². The Morgan fingerprint density at radius 2 is 0.771 bits per heavy atom. The number of nitro benzene ring substituents is 4. The Hall–Kier alpha value is -10.4. The summed E-state index contributed by atoms with van der Waals surface area (Å²) in [6, 6.07) is 20.0. The van der Waals surface area contributed by atoms with E-state index in [2.05, 4.69) is 75.8 Å². The highest BCUT2D eigenvalue weighted by Gasteiger charge is 2.32. The zero-order valence-electron chi connectivity index (χ0n) is 69.2. The standard InChI is InChI=1S/C84H114Cl2N14O18/c1-11-19-23-57(15-5)51-115-78-46-72(93-89-68-31-28-64(97(107)108)42-75(68)99(111)112)80(117-53-59(17-7)25-21-13-3)44-70(78)91-87-66-30-27-63(41-55(66)9)96(39-40-101)77(50-102)82-56(10)67(33-34-74(82)95(37-35-61(48-85)83(103)104)38-36-62(49-86)84(105)106)88-92-71-45-81(118-54-60(18-8)26-22-14-4)73(47-79(71)116-52-58(16-6)24-20-12-2)94-90-69-32-29-65(98(109)110)43-76(69)100(113)114/h27-34,41-47,57-62,77,101-102H,11-26,35-40,48-54H2,1-10H3,(H,103,104)(H,105,106)/b91-87+,92-88+,93-89+,94-90+. The molecule has 642 valence electrons. The molecule has 32 nitrogen and oxygen atoms in total. The minimum Gasteiger partial charge on any atom is -0.491 e. The molecule has 0 aliphatic heterocycles. The number of azo groups is 4. The highest BCUT2D eigenvalue weighted by molar-refractivity contribution is 6.19. The lowest BCUT2D eigenvalue weighted by molar-refractivity contribution is -0.394. The van der Waals surface area contributed by atoms with Crippen molar-refractivity contribution < 1.29 is 68.7 Å². The van der Waals surface area contributed by atoms with Gasteiger partial charge in [-0.3, -0.25) is 50.0 Å². The van der Waals surface area contributed by atoms with Gasteiger partial charge in [-0.2, -0.15) is 10.2 Å². The van der Waals surface area contributed by atoms with E-state index in [1.165, 1.54) is 0 Å². The van der Waals surface area contributed by atoms with Crippen LogP contribution >= 0.6 is 23.2 Å². The van der Waals surface area contributed by atoms with E-state index >= 15 is 0 Å². The molecule has 6 aromatic rings. The number of aryl methyl sites for hydroxylation is 1. The average Bonchev–Trinajstić information content (AvgIpc) is 0.772. The topological polar surface area (TPSA) is 430 Å². The van der Waals surface area contributed by atoms with E-state index < -0.39 is 85.5 Å². The van der Waals surface area contributed by atoms with Crippen LogP contribution in [0.4, 0.5) is 79.6 Å². The summed E-state index contributed by atoms with van der Waals surface area (Å²) < 4.78 is 26.5. The van der Waals surface area contributed by atoms with Gasteiger partial charge >= 0.3 is 23.3 Å². The number of carboxylic acids is 2. The number of ether oxygens (including phenoxy) is 4. The van der Waals surface area contributed by atoms with Gasteiger partial charge in [-0.05, 0) is 130 Å². The second-order valence-electron chi connectivity index (χ2n) is 29.3. The van der Waals surface area contributed by atoms with Gasteiger partial charge in [-0.25, -0.2) is 0 Å². The van der Waals surface area contributed by atoms with Gasteiger partial charge in [0.25, 0.3) is 11.4 Å². The Morgan fingerprint density at radius 3 is 1.08 bits per heavy atom. The average molecular weight is 1680 g/mol. The molecule has 6 rings (SSSR count). The van der Waals surface area contributed by atoms with E-state index in [4.69, 9.17) is 62.6 Å². The summed E-state index contributed by atoms with van der Waals surface area (Å²) in [4.78, 5) is 73.9. The van der Waals surface area contributed by atoms with Gasteiger partial charge in [0, 0.05) is 84.7 Å². The number of aliphatic carboxylic acids is 2. The predicted octanol–water partition coefficient (Wildman–Crippen LogP) is 24.0. The van der Waals surface area contributed by atoms with Crippen molar-refractivity contribution in [3.63, 3.8) is 0 Å². The fourth-order valence-electron chi connectivity index (χ4n) is 13.3. The van der Waals surface area contributed by atoms with Crippen molar-refractivity contribution in [3.05, 3.63) is 148 Å². The number of aliphatic hydroxyl groups is 2. The molecule has 6 aromatic carbocycles. The molecule has 4 N–H and O–H groups in total. The lowest BCUT2D eigenvalue weighted by Crippen LogP contribution is -2.37. The number of hydrogen-bond donors (Lipinski definition) is 4. The summed E-state index contributed by atoms with van der Waals surface area (Å²) in [5.74, 6) is -3.59. The molecule has 0 radical (unpaired) electrons. The monoisotopic (exact) mass is 1680 g/mol. The van der Waals surface area contributed by atoms with Gasteiger partial charge in [0.2, 0.25) is 0 Å². The van der Waals surface area contributed by atoms with Crippen LogP contribution in [0, 0.1) is 89.8 Å². The summed E-state index contributed by atoms with van der Waals surface area (Å²) >= 11 is 12.6. The first-order valence-electron chi connectivity index (χ1n) is 40.7. The number of hydrogen-bond acceptors (Lipinski definition) is 26. The number of carboxylic acid groups (broad SMARTS) is 2. The van der Waals surface area contributed by atoms with Crippen LogP contribution in [0.1, 0.15) is 194 Å². The Morgan fingerprint density at radius 1 is 0.432 bits per heavy atom. The van der Waals surface area contributed by atoms with Gasteiger partial charge in [0.05, 0.1) is 101 Å². The molecule has 7 unspecified atom stereocenters. The Labute approximate surface area is 699 Å². The van der Waals surface area contributed by atoms with E-state index in [0.717, 1.165) is 139 Å². The van der Waals surface area contributed by atoms with Gasteiger partial charge in [0.15, 0.2) is 11.4 Å². The summed E-state index contributed by atoms with van der Waals surface area (Å²) in [7, 11) is 0. The lowest BCUT2D eigenvalue weighted by atomic mass is 9.94. The zero-order valence-corrected chi connectivity index (χ0v) is 70.7. The molecule has 118 heavy (non-hydrogen) atoms. The van der Waals surface area contributed by atoms with Crippen LogP contribution in [-0.4, -0.2) is 123 Å². The zero-order chi connectivity index (χ0) is 86.4. The fourth-order valence-corrected chi connectivity index (χ4v) is 13.9. The highest BCUT2D eigenvalue weighted by Crippen LogP contribution is 2.48. The number of unbranched alkanes of at least 4 members (excludes halogenated alkanes) is 4. The van der Waals surface area contributed by atoms with E-state index in [1.54, 1.807) is 67.3 Å². The fraction of sp³-hybridized carbons (Fsp3) is 0.548. The largest absolute Gasteiger partial charge is 0.491 e. The second kappa shape index (κ2) is 50.4. The maximum absolute atomic E-state index is 12.6. The van der Waals surface area contributed by atoms with Crippen molar-refractivity contribution in [2.45, 2.75) is 191 Å². The van der Waals surface area contributed by atoms with Crippen molar-refractivity contribution in [2.24, 2.45) is 76.4 Å². The molecular weight excluding hydrogens is 1560 g/mol. The van der Waals surface area contributed by atoms with Crippen LogP contribution < -0.4 is 28.7 Å². The Balaban J connectivity index is 1.60. The van der Waals surface area contributed by atoms with Crippen molar-refractivity contribution in [2.75, 3.05) is 80.8 Å². The van der Waals surface area contributed by atoms with Gasteiger partial charge < -0.3 is 49.2 Å². The Bertz CT molecular complexity index is 4390. The quantitative estimate of drug-likeness (QED) is 0.0119. The molecule has 0 aliphatic carbocycles. The molecule has 0 bridgehead atoms. The van der Waals surface area contributed by atoms with Gasteiger partial charge in [-0.15, -0.1) is 53.9 Å². The van der Waals surface area contributed by atoms with Crippen LogP contribution in [0.5, 0.6) is 23.0 Å². The molecule has 0 aliphatic rings. The summed E-state index contributed by atoms with van der Waals surface area (Å²) in [6.45, 7) is 20.1. The number of anilines is 2. The molecule has 0 spiro atoms. The number of non-ortho nitro benzene ring substituents is 2. The number of carbonyl (C=O) groups is 2. The smallest absolute Gasteiger partial charge is 0.307 e. The number of aliphatic hydroxyl groups excluding tert-OH is 2. The number of nitro groups is 4. The molecule has 0 aromatic heterocycles. The van der Waals surface area contributed by atoms with Crippen LogP contribution in [0.25, 0.3) is 0 Å². The summed E-state index contributed by atoms with van der Waals surface area (Å²) in [5, 5.41) is 129. The van der Waals surface area contributed by atoms with E-state index in [9.17, 15) is 70.5 Å². The van der Waals surface area contributed by atoms with E-state index in [0.29, 0.717) is 33.8 Å². The van der Waals surface area contributed by atoms with Gasteiger partial charge in [0.1, 0.15) is 45.7 Å². The molecule has 34 heteroatoms. The molecule has 0 amide bonds. The number of rotatable bonds is 57. The molecule has 0 saturated heterocycles. The Kier molecular flexibility index (Phi) is 41.1. The minimum absolute atomic E-state index is 0.00404. The summed E-state index contributed by atoms with van der Waals surface area (Å²) in [6.07, 6.45) is 14.2. The first-order valence-corrected chi connectivity index (χ1v) is 41.8. The van der Waals surface area contributed by atoms with Crippen LogP contribution in [0.15, 0.2) is 132 Å². The number of halogens is 2. The maximum Gasteiger partial charge on any atom is 0.307 e. The normalized spacial score (nSPS) is 13.5. The van der Waals surface area contributed by atoms with Crippen molar-refractivity contribution >= 4 is 115 Å². The van der Waals surface area contributed by atoms with Crippen molar-refractivity contribution in [3.8, 4) is 23.0 Å². The second-order valence-corrected chi connectivity index (χ2v) is 29.9. The molecule has 0 saturated carbocycles. The third-order valence-electron chi connectivity index (χ3n) is 21.1. The predicted molar refractivity (Wildman–Crippen MR) is 456 cm³/mol. The number of nitrogens with zero attached hydrogens (tertiary/aromatic N) is 14. The molecule has 0 heterocycles. The van der Waals surface area contributed by atoms with E-state index in [1.807, 2.05) is 11.0 Å². The number of alkyl halides is 2. The van der Waals surface area contributed by atoms with Crippen molar-refractivity contribution in [1.29, 1.82) is 0 Å². The highest BCUT2D eigenvalue weighted by atomic mass is 35.5. The molecule has 0 fully saturated rings. The molecule has 7 atom stereocenters. The first kappa shape index (κ1) is 96.4. The number of benzene rings is 6. The maximum atomic E-state index is 12.6. The third-order valence-corrected chi connectivity index (χ3v) is 21.8. The van der Waals surface area contributed by atoms with Crippen LogP contribution in [0.3, 0.4) is 0 Å². The summed E-state index contributed by atoms with van der Waals surface area (Å²) in [5.41, 5.74) is 0.857. The van der Waals surface area contributed by atoms with E-state index in [-0.39, 0.29) is 157 Å². The van der Waals surface area contributed by atoms with Crippen molar-refractivity contribution in [1.82, 2.24) is 0 Å². The lowest BCUT2D eigenvalue weighted by Gasteiger charge is -2.38. The SMILES string of the molecule is CCCCC(CC)COc1cc(/N=N/c2ccc([N+](=O)[O-])cc2[N+](=O)[O-])c(OCC(CC)CCCC)cc1/N=N/c1ccc(N(CCO)C(CO)c2c(N(CCC(CCl)C(=O)O)CCC(CCl)C(=O)O)ccc(/N=N/c3cc(OCC(CC)CCCC)c(/N=N/c4ccc([N+](=O)[O-])cc4[N+](=O)[O-])cc3OCC(CC)CCCC)c2C)cc1C. The van der Waals surface area contributed by atoms with Crippen LogP contribution in [0.2, 0.25) is 0 Å². The third kappa shape index (κ3) is 28.7. The minimum atomic E-state index is -1.15. The van der Waals surface area contributed by atoms with Crippen LogP contribution in [-0.2, 0) is 9.59 Å².